The van der Waals surface area contributed by atoms with Crippen LogP contribution < -0.4 is 11.1 Å². The van der Waals surface area contributed by atoms with Gasteiger partial charge in [-0.3, -0.25) is 9.78 Å². The third-order valence-corrected chi connectivity index (χ3v) is 2.63. The maximum atomic E-state index is 11.5. The number of hydrogen-bond donors (Lipinski definition) is 3. The monoisotopic (exact) mass is 245 g/mol. The molecule has 0 bridgehead atoms. The number of carboxylic acids is 1. The number of aromatic nitrogens is 1. The number of carbonyl (C=O) groups is 2. The van der Waals surface area contributed by atoms with E-state index >= 15 is 0 Å². The number of benzene rings is 1. The van der Waals surface area contributed by atoms with Crippen LogP contribution in [0.2, 0.25) is 0 Å². The summed E-state index contributed by atoms with van der Waals surface area (Å²) in [6.07, 6.45) is 1.21. The SMILES string of the molecule is CNC(=O)c1ccc2ncc(C(=O)O)c(N)c2c1. The molecular weight excluding hydrogens is 234 g/mol. The van der Waals surface area contributed by atoms with Crippen molar-refractivity contribution >= 4 is 28.5 Å². The normalized spacial score (nSPS) is 10.3. The molecule has 0 aliphatic heterocycles. The van der Waals surface area contributed by atoms with Crippen LogP contribution in [-0.4, -0.2) is 29.0 Å². The van der Waals surface area contributed by atoms with Crippen LogP contribution in [0.1, 0.15) is 20.7 Å². The van der Waals surface area contributed by atoms with Crippen LogP contribution in [0.15, 0.2) is 24.4 Å². The van der Waals surface area contributed by atoms with Crippen LogP contribution >= 0.6 is 0 Å². The fourth-order valence-electron chi connectivity index (χ4n) is 1.67. The highest BCUT2D eigenvalue weighted by Crippen LogP contribution is 2.24. The Hall–Kier alpha value is -2.63. The van der Waals surface area contributed by atoms with E-state index in [0.29, 0.717) is 16.5 Å². The molecule has 1 amide bonds. The molecule has 18 heavy (non-hydrogen) atoms. The average molecular weight is 245 g/mol. The van der Waals surface area contributed by atoms with Gasteiger partial charge in [0.1, 0.15) is 5.56 Å². The quantitative estimate of drug-likeness (QED) is 0.728. The van der Waals surface area contributed by atoms with Crippen LogP contribution in [0.3, 0.4) is 0 Å². The van der Waals surface area contributed by atoms with E-state index in [1.165, 1.54) is 19.3 Å². The first kappa shape index (κ1) is 11.8. The first-order valence-corrected chi connectivity index (χ1v) is 5.18. The lowest BCUT2D eigenvalue weighted by atomic mass is 10.1. The highest BCUT2D eigenvalue weighted by molar-refractivity contribution is 6.06. The molecule has 1 heterocycles. The van der Waals surface area contributed by atoms with Crippen molar-refractivity contribution in [3.05, 3.63) is 35.5 Å². The molecule has 0 saturated carbocycles. The summed E-state index contributed by atoms with van der Waals surface area (Å²) in [4.78, 5) is 26.4. The smallest absolute Gasteiger partial charge is 0.339 e. The molecule has 0 saturated heterocycles. The lowest BCUT2D eigenvalue weighted by molar-refractivity contribution is 0.0697. The second kappa shape index (κ2) is 4.33. The second-order valence-corrected chi connectivity index (χ2v) is 3.70. The second-order valence-electron chi connectivity index (χ2n) is 3.70. The van der Waals surface area contributed by atoms with Gasteiger partial charge in [0, 0.05) is 24.2 Å². The highest BCUT2D eigenvalue weighted by atomic mass is 16.4. The molecule has 2 rings (SSSR count). The van der Waals surface area contributed by atoms with Crippen molar-refractivity contribution in [2.75, 3.05) is 12.8 Å². The summed E-state index contributed by atoms with van der Waals surface area (Å²) < 4.78 is 0. The van der Waals surface area contributed by atoms with E-state index in [1.54, 1.807) is 12.1 Å². The van der Waals surface area contributed by atoms with Gasteiger partial charge in [-0.15, -0.1) is 0 Å². The number of hydrogen-bond acceptors (Lipinski definition) is 4. The van der Waals surface area contributed by atoms with Gasteiger partial charge in [0.2, 0.25) is 0 Å². The number of aromatic carboxylic acids is 1. The number of anilines is 1. The molecule has 6 heteroatoms. The number of carboxylic acid groups (broad SMARTS) is 1. The van der Waals surface area contributed by atoms with Crippen LogP contribution in [0, 0.1) is 0 Å². The summed E-state index contributed by atoms with van der Waals surface area (Å²) in [5.74, 6) is -1.41. The summed E-state index contributed by atoms with van der Waals surface area (Å²) in [6.45, 7) is 0. The molecule has 2 aromatic rings. The molecule has 4 N–H and O–H groups in total. The molecule has 6 nitrogen and oxygen atoms in total. The van der Waals surface area contributed by atoms with E-state index in [-0.39, 0.29) is 17.2 Å². The van der Waals surface area contributed by atoms with Gasteiger partial charge in [0.25, 0.3) is 5.91 Å². The molecule has 0 atom stereocenters. The number of fused-ring (bicyclic) bond motifs is 1. The van der Waals surface area contributed by atoms with E-state index in [9.17, 15) is 9.59 Å². The summed E-state index contributed by atoms with van der Waals surface area (Å²) in [5.41, 5.74) is 6.76. The Balaban J connectivity index is 2.70. The predicted molar refractivity (Wildman–Crippen MR) is 66.5 cm³/mol. The molecular formula is C12H11N3O3. The minimum absolute atomic E-state index is 0.0726. The number of carbonyl (C=O) groups excluding carboxylic acids is 1. The van der Waals surface area contributed by atoms with Gasteiger partial charge < -0.3 is 16.2 Å². The molecule has 0 unspecified atom stereocenters. The van der Waals surface area contributed by atoms with Crippen molar-refractivity contribution in [1.29, 1.82) is 0 Å². The van der Waals surface area contributed by atoms with Crippen LogP contribution in [0.25, 0.3) is 10.9 Å². The van der Waals surface area contributed by atoms with E-state index < -0.39 is 5.97 Å². The largest absolute Gasteiger partial charge is 0.478 e. The van der Waals surface area contributed by atoms with Gasteiger partial charge >= 0.3 is 5.97 Å². The molecule has 92 valence electrons. The standard InChI is InChI=1S/C12H11N3O3/c1-14-11(16)6-2-3-9-7(4-6)10(13)8(5-15-9)12(17)18/h2-5H,1H3,(H2,13,15)(H,14,16)(H,17,18). The summed E-state index contributed by atoms with van der Waals surface area (Å²) >= 11 is 0. The Morgan fingerprint density at radius 2 is 2.11 bits per heavy atom. The van der Waals surface area contributed by atoms with Crippen molar-refractivity contribution in [2.24, 2.45) is 0 Å². The third-order valence-electron chi connectivity index (χ3n) is 2.63. The van der Waals surface area contributed by atoms with Gasteiger partial charge in [-0.1, -0.05) is 0 Å². The molecule has 0 aliphatic carbocycles. The molecule has 0 fully saturated rings. The number of nitrogens with zero attached hydrogens (tertiary/aromatic N) is 1. The zero-order chi connectivity index (χ0) is 13.3. The Bertz CT molecular complexity index is 652. The minimum Gasteiger partial charge on any atom is -0.478 e. The highest BCUT2D eigenvalue weighted by Gasteiger charge is 2.13. The van der Waals surface area contributed by atoms with E-state index in [2.05, 4.69) is 10.3 Å². The first-order valence-electron chi connectivity index (χ1n) is 5.18. The van der Waals surface area contributed by atoms with Crippen molar-refractivity contribution in [2.45, 2.75) is 0 Å². The molecule has 0 radical (unpaired) electrons. The number of nitrogens with two attached hydrogens (primary N) is 1. The molecule has 1 aromatic heterocycles. The minimum atomic E-state index is -1.15. The molecule has 1 aromatic carbocycles. The number of nitrogen functional groups attached to an aromatic ring is 1. The Morgan fingerprint density at radius 1 is 1.39 bits per heavy atom. The van der Waals surface area contributed by atoms with E-state index in [0.717, 1.165) is 0 Å². The van der Waals surface area contributed by atoms with Crippen molar-refractivity contribution in [3.63, 3.8) is 0 Å². The Morgan fingerprint density at radius 3 is 2.72 bits per heavy atom. The Kier molecular flexibility index (Phi) is 2.85. The maximum absolute atomic E-state index is 11.5. The first-order chi connectivity index (χ1) is 8.54. The predicted octanol–water partition coefficient (Wildman–Crippen LogP) is 0.875. The fraction of sp³-hybridized carbons (Fsp3) is 0.0833. The number of nitrogens with one attached hydrogen (secondary N) is 1. The lowest BCUT2D eigenvalue weighted by Gasteiger charge is -2.07. The van der Waals surface area contributed by atoms with Gasteiger partial charge in [-0.05, 0) is 18.2 Å². The summed E-state index contributed by atoms with van der Waals surface area (Å²) in [7, 11) is 1.52. The fourth-order valence-corrected chi connectivity index (χ4v) is 1.67. The van der Waals surface area contributed by atoms with Crippen molar-refractivity contribution in [1.82, 2.24) is 10.3 Å². The zero-order valence-electron chi connectivity index (χ0n) is 9.60. The summed E-state index contributed by atoms with van der Waals surface area (Å²) in [5, 5.41) is 11.9. The van der Waals surface area contributed by atoms with E-state index in [1.807, 2.05) is 0 Å². The van der Waals surface area contributed by atoms with Crippen LogP contribution in [-0.2, 0) is 0 Å². The van der Waals surface area contributed by atoms with Crippen molar-refractivity contribution < 1.29 is 14.7 Å². The summed E-state index contributed by atoms with van der Waals surface area (Å²) in [6, 6.07) is 4.76. The topological polar surface area (TPSA) is 105 Å². The maximum Gasteiger partial charge on any atom is 0.339 e. The Labute approximate surface area is 102 Å². The number of amides is 1. The van der Waals surface area contributed by atoms with Gasteiger partial charge in [0.05, 0.1) is 11.2 Å². The van der Waals surface area contributed by atoms with Gasteiger partial charge in [-0.2, -0.15) is 0 Å². The zero-order valence-corrected chi connectivity index (χ0v) is 9.60. The van der Waals surface area contributed by atoms with Crippen LogP contribution in [0.4, 0.5) is 5.69 Å². The van der Waals surface area contributed by atoms with Crippen LogP contribution in [0.5, 0.6) is 0 Å². The average Bonchev–Trinajstić information content (AvgIpc) is 2.37. The lowest BCUT2D eigenvalue weighted by Crippen LogP contribution is -2.17. The van der Waals surface area contributed by atoms with Crippen molar-refractivity contribution in [3.8, 4) is 0 Å². The van der Waals surface area contributed by atoms with Gasteiger partial charge in [-0.25, -0.2) is 4.79 Å². The number of pyridine rings is 1. The number of rotatable bonds is 2. The van der Waals surface area contributed by atoms with Gasteiger partial charge in [0.15, 0.2) is 0 Å². The molecule has 0 aliphatic rings. The third kappa shape index (κ3) is 1.84. The van der Waals surface area contributed by atoms with E-state index in [4.69, 9.17) is 10.8 Å². The molecule has 0 spiro atoms.